The summed E-state index contributed by atoms with van der Waals surface area (Å²) in [7, 11) is 3.01. The van der Waals surface area contributed by atoms with Crippen molar-refractivity contribution in [3.05, 3.63) is 42.7 Å². The molecule has 0 amide bonds. The Balaban J connectivity index is 1.79. The summed E-state index contributed by atoms with van der Waals surface area (Å²) in [5, 5.41) is 20.0. The lowest BCUT2D eigenvalue weighted by molar-refractivity contribution is 0.340. The molecule has 0 atom stereocenters. The first-order valence-corrected chi connectivity index (χ1v) is 8.85. The first kappa shape index (κ1) is 16.4. The number of rotatable bonds is 3. The average Bonchev–Trinajstić information content (AvgIpc) is 3.22. The molecule has 7 heteroatoms. The van der Waals surface area contributed by atoms with Gasteiger partial charge < -0.3 is 25.2 Å². The van der Waals surface area contributed by atoms with Gasteiger partial charge in [0.15, 0.2) is 11.5 Å². The van der Waals surface area contributed by atoms with E-state index < -0.39 is 0 Å². The van der Waals surface area contributed by atoms with Crippen LogP contribution in [0.1, 0.15) is 0 Å². The summed E-state index contributed by atoms with van der Waals surface area (Å²) in [5.41, 5.74) is 4.57. The van der Waals surface area contributed by atoms with Crippen molar-refractivity contribution in [1.29, 1.82) is 0 Å². The van der Waals surface area contributed by atoms with E-state index in [4.69, 9.17) is 9.47 Å². The summed E-state index contributed by atoms with van der Waals surface area (Å²) in [4.78, 5) is 9.06. The zero-order chi connectivity index (χ0) is 19.3. The van der Waals surface area contributed by atoms with E-state index in [1.165, 1.54) is 14.2 Å². The minimum Gasteiger partial charge on any atom is -0.502 e. The van der Waals surface area contributed by atoms with Crippen molar-refractivity contribution in [3.8, 4) is 28.5 Å². The predicted molar refractivity (Wildman–Crippen MR) is 109 cm³/mol. The number of anilines is 2. The number of benzene rings is 3. The van der Waals surface area contributed by atoms with Crippen LogP contribution in [0, 0.1) is 0 Å². The van der Waals surface area contributed by atoms with E-state index in [0.717, 1.165) is 44.3 Å². The Bertz CT molecular complexity index is 1210. The number of aromatic nitrogens is 2. The molecule has 5 rings (SSSR count). The normalized spacial score (nSPS) is 12.5. The summed E-state index contributed by atoms with van der Waals surface area (Å²) in [6.45, 7) is 0.717. The Morgan fingerprint density at radius 1 is 0.893 bits per heavy atom. The third-order valence-corrected chi connectivity index (χ3v) is 5.10. The van der Waals surface area contributed by atoms with Gasteiger partial charge in [0.1, 0.15) is 6.33 Å². The third kappa shape index (κ3) is 2.29. The molecule has 0 aliphatic carbocycles. The standard InChI is InChI=1S/C21H18N4O3/c1-27-16-7-11(8-17(28-2)21(16)26)18-14-4-3-13-12(19(14)24-10-23-18)5-6-15-20(13)25-9-22-15/h3-8,10,22,25-26H,9H2,1-2H3. The minimum atomic E-state index is -0.0355. The Labute approximate surface area is 161 Å². The predicted octanol–water partition coefficient (Wildman–Crippen LogP) is 3.97. The van der Waals surface area contributed by atoms with Crippen molar-refractivity contribution in [2.45, 2.75) is 0 Å². The summed E-state index contributed by atoms with van der Waals surface area (Å²) in [5.74, 6) is 0.622. The molecule has 2 heterocycles. The van der Waals surface area contributed by atoms with E-state index >= 15 is 0 Å². The smallest absolute Gasteiger partial charge is 0.200 e. The highest BCUT2D eigenvalue weighted by molar-refractivity contribution is 6.14. The molecule has 0 spiro atoms. The molecular weight excluding hydrogens is 356 g/mol. The van der Waals surface area contributed by atoms with Crippen LogP contribution in [0.2, 0.25) is 0 Å². The quantitative estimate of drug-likeness (QED) is 0.468. The first-order valence-electron chi connectivity index (χ1n) is 8.85. The molecule has 3 N–H and O–H groups in total. The summed E-state index contributed by atoms with van der Waals surface area (Å²) in [6, 6.07) is 11.7. The zero-order valence-corrected chi connectivity index (χ0v) is 15.4. The average molecular weight is 374 g/mol. The second-order valence-corrected chi connectivity index (χ2v) is 6.53. The number of fused-ring (bicyclic) bond motifs is 5. The van der Waals surface area contributed by atoms with Crippen LogP contribution in [0.4, 0.5) is 11.4 Å². The van der Waals surface area contributed by atoms with Gasteiger partial charge in [0.05, 0.1) is 43.5 Å². The fraction of sp³-hybridized carbons (Fsp3) is 0.143. The minimum absolute atomic E-state index is 0.0355. The molecule has 7 nitrogen and oxygen atoms in total. The lowest BCUT2D eigenvalue weighted by Crippen LogP contribution is -1.99. The lowest BCUT2D eigenvalue weighted by atomic mass is 10.00. The molecule has 0 saturated carbocycles. The Kier molecular flexibility index (Phi) is 3.61. The van der Waals surface area contributed by atoms with Gasteiger partial charge in [0, 0.05) is 21.7 Å². The molecule has 1 aliphatic rings. The Morgan fingerprint density at radius 2 is 1.61 bits per heavy atom. The number of hydrogen-bond donors (Lipinski definition) is 3. The topological polar surface area (TPSA) is 88.5 Å². The van der Waals surface area contributed by atoms with Crippen LogP contribution >= 0.6 is 0 Å². The molecule has 4 aromatic rings. The summed E-state index contributed by atoms with van der Waals surface area (Å²) < 4.78 is 10.6. The first-order chi connectivity index (χ1) is 13.7. The summed E-state index contributed by atoms with van der Waals surface area (Å²) in [6.07, 6.45) is 1.56. The van der Waals surface area contributed by atoms with Gasteiger partial charge in [-0.05, 0) is 30.3 Å². The maximum absolute atomic E-state index is 10.2. The number of aromatic hydroxyl groups is 1. The van der Waals surface area contributed by atoms with E-state index in [9.17, 15) is 5.11 Å². The van der Waals surface area contributed by atoms with Crippen LogP contribution in [0.15, 0.2) is 42.7 Å². The van der Waals surface area contributed by atoms with E-state index in [-0.39, 0.29) is 5.75 Å². The summed E-state index contributed by atoms with van der Waals surface area (Å²) >= 11 is 0. The zero-order valence-electron chi connectivity index (χ0n) is 15.4. The fourth-order valence-electron chi connectivity index (χ4n) is 3.76. The SMILES string of the molecule is COc1cc(-c2ncnc3c2ccc2c4c(ccc23)NCN4)cc(OC)c1O. The van der Waals surface area contributed by atoms with Gasteiger partial charge in [-0.1, -0.05) is 6.07 Å². The molecule has 1 aliphatic heterocycles. The van der Waals surface area contributed by atoms with E-state index in [1.54, 1.807) is 18.5 Å². The number of methoxy groups -OCH3 is 2. The highest BCUT2D eigenvalue weighted by Gasteiger charge is 2.18. The second kappa shape index (κ2) is 6.16. The molecular formula is C21H18N4O3. The lowest BCUT2D eigenvalue weighted by Gasteiger charge is -2.13. The molecule has 0 unspecified atom stereocenters. The number of phenolic OH excluding ortho intramolecular Hbond substituents is 1. The highest BCUT2D eigenvalue weighted by atomic mass is 16.5. The van der Waals surface area contributed by atoms with E-state index in [1.807, 2.05) is 6.07 Å². The van der Waals surface area contributed by atoms with Crippen molar-refractivity contribution < 1.29 is 14.6 Å². The highest BCUT2D eigenvalue weighted by Crippen LogP contribution is 2.42. The van der Waals surface area contributed by atoms with Crippen LogP contribution in [-0.2, 0) is 0 Å². The van der Waals surface area contributed by atoms with Crippen molar-refractivity contribution >= 4 is 33.1 Å². The number of ether oxygens (including phenoxy) is 2. The maximum Gasteiger partial charge on any atom is 0.200 e. The van der Waals surface area contributed by atoms with Crippen molar-refractivity contribution in [2.24, 2.45) is 0 Å². The van der Waals surface area contributed by atoms with Crippen LogP contribution < -0.4 is 20.1 Å². The monoisotopic (exact) mass is 374 g/mol. The van der Waals surface area contributed by atoms with Crippen LogP contribution in [-0.4, -0.2) is 36.0 Å². The van der Waals surface area contributed by atoms with Crippen molar-refractivity contribution in [2.75, 3.05) is 31.5 Å². The van der Waals surface area contributed by atoms with Gasteiger partial charge in [0.2, 0.25) is 5.75 Å². The number of phenols is 1. The van der Waals surface area contributed by atoms with E-state index in [0.29, 0.717) is 18.2 Å². The second-order valence-electron chi connectivity index (χ2n) is 6.53. The molecule has 3 aromatic carbocycles. The molecule has 28 heavy (non-hydrogen) atoms. The van der Waals surface area contributed by atoms with Gasteiger partial charge in [-0.3, -0.25) is 0 Å². The molecule has 140 valence electrons. The van der Waals surface area contributed by atoms with Crippen LogP contribution in [0.3, 0.4) is 0 Å². The van der Waals surface area contributed by atoms with Gasteiger partial charge in [-0.25, -0.2) is 9.97 Å². The van der Waals surface area contributed by atoms with Crippen LogP contribution in [0.5, 0.6) is 17.2 Å². The Hall–Kier alpha value is -3.74. The molecule has 1 aromatic heterocycles. The van der Waals surface area contributed by atoms with Crippen LogP contribution in [0.25, 0.3) is 32.9 Å². The molecule has 0 radical (unpaired) electrons. The maximum atomic E-state index is 10.2. The largest absolute Gasteiger partial charge is 0.502 e. The number of nitrogens with zero attached hydrogens (tertiary/aromatic N) is 2. The Morgan fingerprint density at radius 3 is 2.36 bits per heavy atom. The van der Waals surface area contributed by atoms with Gasteiger partial charge in [0.25, 0.3) is 0 Å². The molecule has 0 fully saturated rings. The van der Waals surface area contributed by atoms with Crippen molar-refractivity contribution in [3.63, 3.8) is 0 Å². The van der Waals surface area contributed by atoms with Gasteiger partial charge in [-0.2, -0.15) is 0 Å². The molecule has 0 saturated heterocycles. The molecule has 0 bridgehead atoms. The van der Waals surface area contributed by atoms with Crippen molar-refractivity contribution in [1.82, 2.24) is 9.97 Å². The fourth-order valence-corrected chi connectivity index (χ4v) is 3.76. The number of nitrogens with one attached hydrogen (secondary N) is 2. The number of hydrogen-bond acceptors (Lipinski definition) is 7. The third-order valence-electron chi connectivity index (χ3n) is 5.10. The van der Waals surface area contributed by atoms with Gasteiger partial charge in [-0.15, -0.1) is 0 Å². The van der Waals surface area contributed by atoms with Gasteiger partial charge >= 0.3 is 0 Å². The van der Waals surface area contributed by atoms with E-state index in [2.05, 4.69) is 38.8 Å².